The van der Waals surface area contributed by atoms with E-state index in [1.165, 1.54) is 4.88 Å². The number of carbonyl (C=O) groups is 1. The van der Waals surface area contributed by atoms with Crippen molar-refractivity contribution in [2.24, 2.45) is 11.7 Å². The minimum Gasteiger partial charge on any atom is -0.379 e. The van der Waals surface area contributed by atoms with Crippen LogP contribution in [-0.4, -0.2) is 61.6 Å². The molecule has 1 fully saturated rings. The minimum absolute atomic E-state index is 0.0357. The van der Waals surface area contributed by atoms with Gasteiger partial charge < -0.3 is 15.4 Å². The van der Waals surface area contributed by atoms with Gasteiger partial charge >= 0.3 is 0 Å². The molecule has 1 aromatic rings. The maximum Gasteiger partial charge on any atom is 0.239 e. The van der Waals surface area contributed by atoms with Gasteiger partial charge in [-0.15, -0.1) is 11.3 Å². The van der Waals surface area contributed by atoms with Crippen LogP contribution in [0.1, 0.15) is 31.2 Å². The molecule has 0 radical (unpaired) electrons. The molecule has 23 heavy (non-hydrogen) atoms. The number of thiophene rings is 1. The summed E-state index contributed by atoms with van der Waals surface area (Å²) in [6.45, 7) is 8.18. The Labute approximate surface area is 143 Å². The van der Waals surface area contributed by atoms with Crippen molar-refractivity contribution in [3.05, 3.63) is 22.4 Å². The maximum absolute atomic E-state index is 12.5. The van der Waals surface area contributed by atoms with E-state index in [1.807, 2.05) is 7.05 Å². The van der Waals surface area contributed by atoms with E-state index in [0.717, 1.165) is 32.7 Å². The van der Waals surface area contributed by atoms with Crippen molar-refractivity contribution in [3.8, 4) is 0 Å². The average molecular weight is 340 g/mol. The van der Waals surface area contributed by atoms with Gasteiger partial charge in [0.05, 0.1) is 25.3 Å². The minimum atomic E-state index is -0.409. The van der Waals surface area contributed by atoms with Gasteiger partial charge in [-0.2, -0.15) is 0 Å². The highest BCUT2D eigenvalue weighted by molar-refractivity contribution is 7.10. The third kappa shape index (κ3) is 5.28. The topological polar surface area (TPSA) is 58.8 Å². The fourth-order valence-corrected chi connectivity index (χ4v) is 3.85. The summed E-state index contributed by atoms with van der Waals surface area (Å²) in [5, 5.41) is 2.09. The van der Waals surface area contributed by atoms with Crippen LogP contribution < -0.4 is 5.73 Å². The molecule has 5 nitrogen and oxygen atoms in total. The van der Waals surface area contributed by atoms with Gasteiger partial charge in [-0.1, -0.05) is 19.9 Å². The molecule has 0 aromatic carbocycles. The summed E-state index contributed by atoms with van der Waals surface area (Å²) in [6, 6.07) is 4.03. The van der Waals surface area contributed by atoms with Gasteiger partial charge in [-0.05, 0) is 23.8 Å². The van der Waals surface area contributed by atoms with Crippen molar-refractivity contribution in [1.29, 1.82) is 0 Å². The molecule has 0 spiro atoms. The monoisotopic (exact) mass is 339 g/mol. The molecule has 6 heteroatoms. The summed E-state index contributed by atoms with van der Waals surface area (Å²) in [5.74, 6) is 0.461. The highest BCUT2D eigenvalue weighted by Gasteiger charge is 2.27. The highest BCUT2D eigenvalue weighted by Crippen LogP contribution is 2.27. The lowest BCUT2D eigenvalue weighted by Gasteiger charge is -2.36. The van der Waals surface area contributed by atoms with Crippen LogP contribution in [0.4, 0.5) is 0 Å². The van der Waals surface area contributed by atoms with E-state index >= 15 is 0 Å². The molecular formula is C17H29N3O2S. The molecule has 2 N–H and O–H groups in total. The molecule has 1 aliphatic rings. The van der Waals surface area contributed by atoms with Gasteiger partial charge in [0.25, 0.3) is 0 Å². The molecule has 1 aromatic heterocycles. The molecule has 0 saturated carbocycles. The van der Waals surface area contributed by atoms with Crippen molar-refractivity contribution in [2.45, 2.75) is 32.4 Å². The second-order valence-electron chi connectivity index (χ2n) is 6.63. The Morgan fingerprint density at radius 2 is 2.13 bits per heavy atom. The van der Waals surface area contributed by atoms with Crippen molar-refractivity contribution >= 4 is 17.2 Å². The van der Waals surface area contributed by atoms with Crippen LogP contribution in [0.15, 0.2) is 17.5 Å². The third-order valence-corrected chi connectivity index (χ3v) is 5.20. The first kappa shape index (κ1) is 18.4. The normalized spacial score (nSPS) is 18.8. The fraction of sp³-hybridized carbons (Fsp3) is 0.706. The van der Waals surface area contributed by atoms with Crippen LogP contribution in [0.3, 0.4) is 0 Å². The number of nitrogens with zero attached hydrogens (tertiary/aromatic N) is 2. The quantitative estimate of drug-likeness (QED) is 0.825. The lowest BCUT2D eigenvalue weighted by Crippen LogP contribution is -2.48. The van der Waals surface area contributed by atoms with E-state index in [-0.39, 0.29) is 11.9 Å². The number of hydrogen-bond donors (Lipinski definition) is 1. The SMILES string of the molecule is CC(C)C[C@H](N)C(=O)N(C)CC(c1cccs1)N1CCOCC1. The van der Waals surface area contributed by atoms with E-state index in [0.29, 0.717) is 12.5 Å². The van der Waals surface area contributed by atoms with E-state index < -0.39 is 6.04 Å². The van der Waals surface area contributed by atoms with Crippen LogP contribution in [-0.2, 0) is 9.53 Å². The molecule has 2 heterocycles. The number of nitrogens with two attached hydrogens (primary N) is 1. The zero-order valence-corrected chi connectivity index (χ0v) is 15.2. The first-order valence-electron chi connectivity index (χ1n) is 8.34. The van der Waals surface area contributed by atoms with Crippen molar-refractivity contribution in [3.63, 3.8) is 0 Å². The summed E-state index contributed by atoms with van der Waals surface area (Å²) in [4.78, 5) is 18.0. The molecule has 1 unspecified atom stereocenters. The zero-order valence-electron chi connectivity index (χ0n) is 14.4. The first-order chi connectivity index (χ1) is 11.0. The smallest absolute Gasteiger partial charge is 0.239 e. The molecule has 0 aliphatic carbocycles. The van der Waals surface area contributed by atoms with Gasteiger partial charge in [-0.25, -0.2) is 0 Å². The molecule has 130 valence electrons. The van der Waals surface area contributed by atoms with Crippen LogP contribution in [0.25, 0.3) is 0 Å². The predicted octanol–water partition coefficient (Wildman–Crippen LogP) is 1.95. The summed E-state index contributed by atoms with van der Waals surface area (Å²) in [6.07, 6.45) is 0.727. The second-order valence-corrected chi connectivity index (χ2v) is 7.61. The molecular weight excluding hydrogens is 310 g/mol. The van der Waals surface area contributed by atoms with Crippen molar-refractivity contribution in [2.75, 3.05) is 39.9 Å². The average Bonchev–Trinajstić information content (AvgIpc) is 3.05. The Hall–Kier alpha value is -0.950. The number of amides is 1. The van der Waals surface area contributed by atoms with Crippen LogP contribution in [0, 0.1) is 5.92 Å². The van der Waals surface area contributed by atoms with Crippen LogP contribution >= 0.6 is 11.3 Å². The van der Waals surface area contributed by atoms with Gasteiger partial charge in [0, 0.05) is 31.6 Å². The largest absolute Gasteiger partial charge is 0.379 e. The van der Waals surface area contributed by atoms with Gasteiger partial charge in [-0.3, -0.25) is 9.69 Å². The van der Waals surface area contributed by atoms with Crippen molar-refractivity contribution < 1.29 is 9.53 Å². The van der Waals surface area contributed by atoms with E-state index in [4.69, 9.17) is 10.5 Å². The maximum atomic E-state index is 12.5. The fourth-order valence-electron chi connectivity index (χ4n) is 3.00. The van der Waals surface area contributed by atoms with E-state index in [1.54, 1.807) is 16.2 Å². The first-order valence-corrected chi connectivity index (χ1v) is 9.22. The summed E-state index contributed by atoms with van der Waals surface area (Å²) in [7, 11) is 1.86. The number of rotatable bonds is 7. The number of ether oxygens (including phenoxy) is 1. The van der Waals surface area contributed by atoms with E-state index in [9.17, 15) is 4.79 Å². The lowest BCUT2D eigenvalue weighted by atomic mass is 10.0. The number of likely N-dealkylation sites (N-methyl/N-ethyl adjacent to an activating group) is 1. The molecule has 1 amide bonds. The highest BCUT2D eigenvalue weighted by atomic mass is 32.1. The molecule has 2 atom stereocenters. The number of morpholine rings is 1. The molecule has 2 rings (SSSR count). The molecule has 1 saturated heterocycles. The third-order valence-electron chi connectivity index (χ3n) is 4.22. The Balaban J connectivity index is 2.03. The lowest BCUT2D eigenvalue weighted by molar-refractivity contribution is -0.132. The zero-order chi connectivity index (χ0) is 16.8. The second kappa shape index (κ2) is 8.78. The van der Waals surface area contributed by atoms with Gasteiger partial charge in [0.15, 0.2) is 0 Å². The summed E-state index contributed by atoms with van der Waals surface area (Å²) in [5.41, 5.74) is 6.07. The Morgan fingerprint density at radius 3 is 2.70 bits per heavy atom. The van der Waals surface area contributed by atoms with E-state index in [2.05, 4.69) is 36.3 Å². The number of hydrogen-bond acceptors (Lipinski definition) is 5. The van der Waals surface area contributed by atoms with Crippen LogP contribution in [0.5, 0.6) is 0 Å². The Kier molecular flexibility index (Phi) is 7.02. The van der Waals surface area contributed by atoms with Gasteiger partial charge in [0.2, 0.25) is 5.91 Å². The van der Waals surface area contributed by atoms with Gasteiger partial charge in [0.1, 0.15) is 0 Å². The summed E-state index contributed by atoms with van der Waals surface area (Å²) >= 11 is 1.75. The Morgan fingerprint density at radius 1 is 1.43 bits per heavy atom. The number of carbonyl (C=O) groups excluding carboxylic acids is 1. The molecule has 1 aliphatic heterocycles. The Bertz CT molecular complexity index is 472. The van der Waals surface area contributed by atoms with Crippen molar-refractivity contribution in [1.82, 2.24) is 9.80 Å². The van der Waals surface area contributed by atoms with Crippen LogP contribution in [0.2, 0.25) is 0 Å². The molecule has 0 bridgehead atoms. The summed E-state index contributed by atoms with van der Waals surface area (Å²) < 4.78 is 5.46. The predicted molar refractivity (Wildman–Crippen MR) is 94.5 cm³/mol. The standard InChI is InChI=1S/C17H29N3O2S/c1-13(2)11-14(18)17(21)19(3)12-15(16-5-4-10-23-16)20-6-8-22-9-7-20/h4-5,10,13-15H,6-9,11-12,18H2,1-3H3/t14-,15?/m0/s1.